The van der Waals surface area contributed by atoms with Gasteiger partial charge in [-0.15, -0.1) is 0 Å². The molecule has 2 heterocycles. The lowest BCUT2D eigenvalue weighted by atomic mass is 10.1. The fourth-order valence-corrected chi connectivity index (χ4v) is 2.53. The summed E-state index contributed by atoms with van der Waals surface area (Å²) in [5.74, 6) is -1.04. The molecular weight excluding hydrogens is 254 g/mol. The average Bonchev–Trinajstić information content (AvgIpc) is 2.61. The maximum atomic E-state index is 11.3. The topological polar surface area (TPSA) is 53.7 Å². The van der Waals surface area contributed by atoms with Gasteiger partial charge in [0.25, 0.3) is 0 Å². The van der Waals surface area contributed by atoms with Crippen LogP contribution in [0.25, 0.3) is 0 Å². The van der Waals surface area contributed by atoms with Gasteiger partial charge in [0.05, 0.1) is 0 Å². The highest BCUT2D eigenvalue weighted by Crippen LogP contribution is 2.24. The van der Waals surface area contributed by atoms with Crippen molar-refractivity contribution in [2.24, 2.45) is 0 Å². The van der Waals surface area contributed by atoms with Crippen LogP contribution in [0.5, 0.6) is 0 Å². The number of halogens is 1. The number of carboxylic acid groups (broad SMARTS) is 1. The Labute approximate surface area is 112 Å². The first-order valence-corrected chi connectivity index (χ1v) is 6.75. The van der Waals surface area contributed by atoms with E-state index in [-0.39, 0.29) is 5.22 Å². The molecule has 1 aromatic rings. The quantitative estimate of drug-likeness (QED) is 0.915. The molecule has 2 rings (SSSR count). The standard InChI is InChI=1S/C13H18ClNO3/c14-12-6-5-11(18-12)10(13(16)17)9-15-7-3-1-2-4-8-15/h5-6,10H,1-4,7-9H2,(H,16,17). The van der Waals surface area contributed by atoms with Crippen LogP contribution in [0, 0.1) is 0 Å². The molecule has 0 saturated carbocycles. The van der Waals surface area contributed by atoms with Crippen LogP contribution in [-0.2, 0) is 4.79 Å². The van der Waals surface area contributed by atoms with Crippen LogP contribution in [0.2, 0.25) is 5.22 Å². The third-order valence-electron chi connectivity index (χ3n) is 3.37. The minimum Gasteiger partial charge on any atom is -0.481 e. The molecule has 0 bridgehead atoms. The zero-order valence-corrected chi connectivity index (χ0v) is 11.0. The first-order chi connectivity index (χ1) is 8.66. The van der Waals surface area contributed by atoms with Crippen LogP contribution in [0.1, 0.15) is 37.4 Å². The predicted molar refractivity (Wildman–Crippen MR) is 69.0 cm³/mol. The molecular formula is C13H18ClNO3. The summed E-state index contributed by atoms with van der Waals surface area (Å²) in [6.45, 7) is 2.44. The van der Waals surface area contributed by atoms with Gasteiger partial charge < -0.3 is 14.4 Å². The number of hydrogen-bond acceptors (Lipinski definition) is 3. The van der Waals surface area contributed by atoms with E-state index in [2.05, 4.69) is 4.90 Å². The van der Waals surface area contributed by atoms with Crippen LogP contribution in [0.3, 0.4) is 0 Å². The molecule has 1 saturated heterocycles. The number of hydrogen-bond donors (Lipinski definition) is 1. The Morgan fingerprint density at radius 2 is 2.00 bits per heavy atom. The van der Waals surface area contributed by atoms with E-state index in [1.807, 2.05) is 0 Å². The van der Waals surface area contributed by atoms with Crippen LogP contribution in [0.15, 0.2) is 16.5 Å². The van der Waals surface area contributed by atoms with Crippen molar-refractivity contribution in [1.29, 1.82) is 0 Å². The second-order valence-corrected chi connectivity index (χ2v) is 5.12. The van der Waals surface area contributed by atoms with Gasteiger partial charge in [0.15, 0.2) is 5.22 Å². The largest absolute Gasteiger partial charge is 0.481 e. The summed E-state index contributed by atoms with van der Waals surface area (Å²) in [6, 6.07) is 3.24. The lowest BCUT2D eigenvalue weighted by Crippen LogP contribution is -2.32. The maximum absolute atomic E-state index is 11.3. The minimum atomic E-state index is -0.856. The zero-order valence-electron chi connectivity index (χ0n) is 10.3. The summed E-state index contributed by atoms with van der Waals surface area (Å²) in [4.78, 5) is 13.5. The van der Waals surface area contributed by atoms with Crippen LogP contribution in [0.4, 0.5) is 0 Å². The Bertz CT molecular complexity index is 397. The lowest BCUT2D eigenvalue weighted by molar-refractivity contribution is -0.139. The Kier molecular flexibility index (Phi) is 4.66. The van der Waals surface area contributed by atoms with Crippen molar-refractivity contribution >= 4 is 17.6 Å². The number of rotatable bonds is 4. The molecule has 0 spiro atoms. The van der Waals surface area contributed by atoms with Crippen LogP contribution >= 0.6 is 11.6 Å². The molecule has 1 aliphatic rings. The molecule has 18 heavy (non-hydrogen) atoms. The van der Waals surface area contributed by atoms with Crippen molar-refractivity contribution in [3.8, 4) is 0 Å². The first kappa shape index (κ1) is 13.4. The molecule has 1 N–H and O–H groups in total. The summed E-state index contributed by atoms with van der Waals surface area (Å²) in [6.07, 6.45) is 4.76. The summed E-state index contributed by atoms with van der Waals surface area (Å²) >= 11 is 5.70. The summed E-state index contributed by atoms with van der Waals surface area (Å²) in [5.41, 5.74) is 0. The summed E-state index contributed by atoms with van der Waals surface area (Å²) < 4.78 is 5.24. The lowest BCUT2D eigenvalue weighted by Gasteiger charge is -2.22. The molecule has 1 aromatic heterocycles. The highest BCUT2D eigenvalue weighted by molar-refractivity contribution is 6.28. The molecule has 1 fully saturated rings. The van der Waals surface area contributed by atoms with Crippen molar-refractivity contribution in [2.45, 2.75) is 31.6 Å². The van der Waals surface area contributed by atoms with Crippen molar-refractivity contribution in [3.05, 3.63) is 23.1 Å². The average molecular weight is 272 g/mol. The fourth-order valence-electron chi connectivity index (χ4n) is 2.38. The second kappa shape index (κ2) is 6.25. The van der Waals surface area contributed by atoms with E-state index in [1.54, 1.807) is 12.1 Å². The number of carboxylic acids is 1. The van der Waals surface area contributed by atoms with Gasteiger partial charge in [0.1, 0.15) is 11.7 Å². The monoisotopic (exact) mass is 271 g/mol. The molecule has 0 radical (unpaired) electrons. The number of nitrogens with zero attached hydrogens (tertiary/aromatic N) is 1. The smallest absolute Gasteiger partial charge is 0.315 e. The van der Waals surface area contributed by atoms with Gasteiger partial charge in [0.2, 0.25) is 0 Å². The third kappa shape index (κ3) is 3.50. The minimum absolute atomic E-state index is 0.243. The van der Waals surface area contributed by atoms with E-state index in [1.165, 1.54) is 12.8 Å². The molecule has 4 nitrogen and oxygen atoms in total. The molecule has 100 valence electrons. The van der Waals surface area contributed by atoms with Gasteiger partial charge in [0, 0.05) is 6.54 Å². The van der Waals surface area contributed by atoms with Gasteiger partial charge in [-0.2, -0.15) is 0 Å². The Balaban J connectivity index is 2.04. The number of aliphatic carboxylic acids is 1. The molecule has 5 heteroatoms. The number of carbonyl (C=O) groups is 1. The van der Waals surface area contributed by atoms with E-state index in [0.717, 1.165) is 25.9 Å². The molecule has 0 aromatic carbocycles. The van der Waals surface area contributed by atoms with Gasteiger partial charge in [-0.05, 0) is 49.7 Å². The fraction of sp³-hybridized carbons (Fsp3) is 0.615. The first-order valence-electron chi connectivity index (χ1n) is 6.37. The third-order valence-corrected chi connectivity index (χ3v) is 3.58. The van der Waals surface area contributed by atoms with E-state index >= 15 is 0 Å². The highest BCUT2D eigenvalue weighted by Gasteiger charge is 2.26. The van der Waals surface area contributed by atoms with Crippen molar-refractivity contribution in [2.75, 3.05) is 19.6 Å². The molecule has 0 amide bonds. The Morgan fingerprint density at radius 3 is 2.50 bits per heavy atom. The summed E-state index contributed by atoms with van der Waals surface area (Å²) in [5, 5.41) is 9.55. The van der Waals surface area contributed by atoms with Crippen molar-refractivity contribution in [1.82, 2.24) is 4.90 Å². The van der Waals surface area contributed by atoms with Gasteiger partial charge in [-0.1, -0.05) is 12.8 Å². The van der Waals surface area contributed by atoms with Crippen molar-refractivity contribution in [3.63, 3.8) is 0 Å². The van der Waals surface area contributed by atoms with Crippen LogP contribution in [-0.4, -0.2) is 35.6 Å². The highest BCUT2D eigenvalue weighted by atomic mass is 35.5. The van der Waals surface area contributed by atoms with E-state index < -0.39 is 11.9 Å². The maximum Gasteiger partial charge on any atom is 0.315 e. The SMILES string of the molecule is O=C(O)C(CN1CCCCCC1)c1ccc(Cl)o1. The number of furan rings is 1. The molecule has 1 aliphatic heterocycles. The molecule has 0 aliphatic carbocycles. The second-order valence-electron chi connectivity index (χ2n) is 4.75. The van der Waals surface area contributed by atoms with E-state index in [9.17, 15) is 9.90 Å². The van der Waals surface area contributed by atoms with Crippen molar-refractivity contribution < 1.29 is 14.3 Å². The van der Waals surface area contributed by atoms with Gasteiger partial charge >= 0.3 is 5.97 Å². The zero-order chi connectivity index (χ0) is 13.0. The Morgan fingerprint density at radius 1 is 1.33 bits per heavy atom. The molecule has 1 unspecified atom stereocenters. The number of likely N-dealkylation sites (tertiary alicyclic amines) is 1. The van der Waals surface area contributed by atoms with Gasteiger partial charge in [-0.25, -0.2) is 0 Å². The normalized spacial score (nSPS) is 19.4. The van der Waals surface area contributed by atoms with E-state index in [0.29, 0.717) is 12.3 Å². The predicted octanol–water partition coefficient (Wildman–Crippen LogP) is 2.98. The van der Waals surface area contributed by atoms with Gasteiger partial charge in [-0.3, -0.25) is 4.79 Å². The summed E-state index contributed by atoms with van der Waals surface area (Å²) in [7, 11) is 0. The van der Waals surface area contributed by atoms with E-state index in [4.69, 9.17) is 16.0 Å². The Hall–Kier alpha value is -1.00. The molecule has 1 atom stereocenters. The van der Waals surface area contributed by atoms with Crippen LogP contribution < -0.4 is 0 Å².